The Hall–Kier alpha value is -0.940. The lowest BCUT2D eigenvalue weighted by Gasteiger charge is -2.20. The molecule has 0 heterocycles. The third-order valence-corrected chi connectivity index (χ3v) is 4.97. The number of hydrogen-bond acceptors (Lipinski definition) is 3. The fraction of sp³-hybridized carbons (Fsp3) is 0.235. The number of halogens is 4. The highest BCUT2D eigenvalue weighted by Gasteiger charge is 2.22. The van der Waals surface area contributed by atoms with Crippen molar-refractivity contribution in [1.82, 2.24) is 0 Å². The number of carbonyl (C=O) groups is 1. The largest absolute Gasteiger partial charge is 0.456 e. The van der Waals surface area contributed by atoms with E-state index < -0.39 is 17.4 Å². The zero-order valence-electron chi connectivity index (χ0n) is 13.1. The lowest BCUT2D eigenvalue weighted by molar-refractivity contribution is 0.00646. The number of esters is 1. The minimum absolute atomic E-state index is 0.201. The van der Waals surface area contributed by atoms with Gasteiger partial charge in [0.05, 0.1) is 20.6 Å². The fourth-order valence-electron chi connectivity index (χ4n) is 1.76. The van der Waals surface area contributed by atoms with E-state index in [1.54, 1.807) is 39.0 Å². The highest BCUT2D eigenvalue weighted by atomic mass is 35.5. The molecule has 2 rings (SSSR count). The van der Waals surface area contributed by atoms with Crippen LogP contribution in [-0.2, 0) is 4.74 Å². The zero-order valence-corrected chi connectivity index (χ0v) is 16.2. The van der Waals surface area contributed by atoms with E-state index in [1.807, 2.05) is 0 Å². The summed E-state index contributed by atoms with van der Waals surface area (Å²) >= 11 is 19.2. The monoisotopic (exact) mass is 406 g/mol. The molecular formula is C17H14Cl3FO2S. The summed E-state index contributed by atoms with van der Waals surface area (Å²) in [7, 11) is 0. The molecule has 0 fully saturated rings. The molecule has 0 radical (unpaired) electrons. The third kappa shape index (κ3) is 5.03. The topological polar surface area (TPSA) is 26.3 Å². The second-order valence-corrected chi connectivity index (χ2v) is 8.28. The Morgan fingerprint density at radius 1 is 1.04 bits per heavy atom. The SMILES string of the molecule is CC(C)(C)OC(=O)c1cc(Cl)c(Sc2ccc(Cl)c(Cl)c2)cc1F. The predicted octanol–water partition coefficient (Wildman–Crippen LogP) is 6.89. The van der Waals surface area contributed by atoms with Gasteiger partial charge < -0.3 is 4.74 Å². The Bertz CT molecular complexity index is 788. The molecule has 7 heteroatoms. The van der Waals surface area contributed by atoms with Crippen molar-refractivity contribution < 1.29 is 13.9 Å². The van der Waals surface area contributed by atoms with Crippen LogP contribution in [0.5, 0.6) is 0 Å². The average molecular weight is 408 g/mol. The van der Waals surface area contributed by atoms with Crippen molar-refractivity contribution in [3.05, 3.63) is 56.8 Å². The van der Waals surface area contributed by atoms with Crippen LogP contribution < -0.4 is 0 Å². The van der Waals surface area contributed by atoms with Crippen molar-refractivity contribution in [3.63, 3.8) is 0 Å². The molecule has 128 valence electrons. The van der Waals surface area contributed by atoms with E-state index in [9.17, 15) is 9.18 Å². The van der Waals surface area contributed by atoms with Crippen molar-refractivity contribution in [3.8, 4) is 0 Å². The van der Waals surface area contributed by atoms with Crippen LogP contribution in [0.2, 0.25) is 15.1 Å². The molecule has 0 atom stereocenters. The maximum Gasteiger partial charge on any atom is 0.341 e. The van der Waals surface area contributed by atoms with Gasteiger partial charge in [0.25, 0.3) is 0 Å². The first-order valence-electron chi connectivity index (χ1n) is 6.92. The summed E-state index contributed by atoms with van der Waals surface area (Å²) in [5, 5.41) is 1.07. The maximum absolute atomic E-state index is 14.3. The first-order chi connectivity index (χ1) is 11.1. The van der Waals surface area contributed by atoms with Crippen LogP contribution in [0, 0.1) is 5.82 Å². The molecule has 2 aromatic rings. The Morgan fingerprint density at radius 3 is 2.29 bits per heavy atom. The molecule has 0 aliphatic rings. The molecular weight excluding hydrogens is 394 g/mol. The van der Waals surface area contributed by atoms with Crippen molar-refractivity contribution in [2.75, 3.05) is 0 Å². The van der Waals surface area contributed by atoms with Gasteiger partial charge >= 0.3 is 5.97 Å². The smallest absolute Gasteiger partial charge is 0.341 e. The molecule has 0 bridgehead atoms. The molecule has 2 aromatic carbocycles. The molecule has 0 N–H and O–H groups in total. The van der Waals surface area contributed by atoms with Crippen molar-refractivity contribution >= 4 is 52.5 Å². The van der Waals surface area contributed by atoms with Crippen LogP contribution in [0.15, 0.2) is 40.1 Å². The molecule has 2 nitrogen and oxygen atoms in total. The Morgan fingerprint density at radius 2 is 1.71 bits per heavy atom. The van der Waals surface area contributed by atoms with E-state index in [1.165, 1.54) is 23.9 Å². The van der Waals surface area contributed by atoms with Gasteiger partial charge in [-0.1, -0.05) is 46.6 Å². The number of ether oxygens (including phenoxy) is 1. The maximum atomic E-state index is 14.3. The molecule has 24 heavy (non-hydrogen) atoms. The minimum Gasteiger partial charge on any atom is -0.456 e. The molecule has 0 aromatic heterocycles. The van der Waals surface area contributed by atoms with Gasteiger partial charge in [-0.3, -0.25) is 0 Å². The lowest BCUT2D eigenvalue weighted by atomic mass is 10.1. The summed E-state index contributed by atoms with van der Waals surface area (Å²) in [6.07, 6.45) is 0. The van der Waals surface area contributed by atoms with E-state index in [4.69, 9.17) is 39.5 Å². The van der Waals surface area contributed by atoms with Crippen LogP contribution in [0.1, 0.15) is 31.1 Å². The first-order valence-corrected chi connectivity index (χ1v) is 8.87. The van der Waals surface area contributed by atoms with Crippen molar-refractivity contribution in [2.45, 2.75) is 36.2 Å². The number of carbonyl (C=O) groups excluding carboxylic acids is 1. The summed E-state index contributed by atoms with van der Waals surface area (Å²) < 4.78 is 19.5. The summed E-state index contributed by atoms with van der Waals surface area (Å²) in [5.74, 6) is -1.45. The highest BCUT2D eigenvalue weighted by Crippen LogP contribution is 2.37. The average Bonchev–Trinajstić information content (AvgIpc) is 2.44. The van der Waals surface area contributed by atoms with Crippen molar-refractivity contribution in [2.24, 2.45) is 0 Å². The molecule has 0 unspecified atom stereocenters. The molecule has 0 spiro atoms. The van der Waals surface area contributed by atoms with Gasteiger partial charge in [-0.15, -0.1) is 0 Å². The van der Waals surface area contributed by atoms with E-state index in [0.717, 1.165) is 4.90 Å². The summed E-state index contributed by atoms with van der Waals surface area (Å²) in [6.45, 7) is 5.12. The lowest BCUT2D eigenvalue weighted by Crippen LogP contribution is -2.24. The van der Waals surface area contributed by atoms with E-state index in [0.29, 0.717) is 14.9 Å². The van der Waals surface area contributed by atoms with Crippen LogP contribution >= 0.6 is 46.6 Å². The van der Waals surface area contributed by atoms with Gasteiger partial charge in [-0.2, -0.15) is 0 Å². The van der Waals surface area contributed by atoms with Gasteiger partial charge in [-0.05, 0) is 51.1 Å². The summed E-state index contributed by atoms with van der Waals surface area (Å²) in [5.41, 5.74) is -0.919. The fourth-order valence-corrected chi connectivity index (χ4v) is 3.29. The summed E-state index contributed by atoms with van der Waals surface area (Å²) in [6, 6.07) is 7.52. The quantitative estimate of drug-likeness (QED) is 0.518. The van der Waals surface area contributed by atoms with Gasteiger partial charge in [-0.25, -0.2) is 9.18 Å². The normalized spacial score (nSPS) is 11.5. The first kappa shape index (κ1) is 19.4. The minimum atomic E-state index is -0.756. The Labute approximate surface area is 159 Å². The van der Waals surface area contributed by atoms with Crippen molar-refractivity contribution in [1.29, 1.82) is 0 Å². The highest BCUT2D eigenvalue weighted by molar-refractivity contribution is 7.99. The molecule has 0 aliphatic heterocycles. The van der Waals surface area contributed by atoms with Crippen LogP contribution in [0.3, 0.4) is 0 Å². The number of hydrogen-bond donors (Lipinski definition) is 0. The molecule has 0 saturated carbocycles. The van der Waals surface area contributed by atoms with Gasteiger partial charge in [0.1, 0.15) is 11.4 Å². The predicted molar refractivity (Wildman–Crippen MR) is 97.2 cm³/mol. The second-order valence-electron chi connectivity index (χ2n) is 5.94. The van der Waals surface area contributed by atoms with E-state index >= 15 is 0 Å². The van der Waals surface area contributed by atoms with Gasteiger partial charge in [0, 0.05) is 9.79 Å². The molecule has 0 saturated heterocycles. The second kappa shape index (κ2) is 7.52. The Balaban J connectivity index is 2.29. The standard InChI is InChI=1S/C17H14Cl3FO2S/c1-17(2,3)23-16(22)10-7-13(20)15(8-14(10)21)24-9-4-5-11(18)12(19)6-9/h4-8H,1-3H3. The van der Waals surface area contributed by atoms with Crippen LogP contribution in [0.4, 0.5) is 4.39 Å². The van der Waals surface area contributed by atoms with E-state index in [2.05, 4.69) is 0 Å². The van der Waals surface area contributed by atoms with E-state index in [-0.39, 0.29) is 10.6 Å². The zero-order chi connectivity index (χ0) is 18.1. The van der Waals surface area contributed by atoms with Gasteiger partial charge in [0.2, 0.25) is 0 Å². The third-order valence-electron chi connectivity index (χ3n) is 2.76. The Kier molecular flexibility index (Phi) is 6.08. The van der Waals surface area contributed by atoms with Crippen LogP contribution in [-0.4, -0.2) is 11.6 Å². The number of benzene rings is 2. The number of rotatable bonds is 3. The summed E-state index contributed by atoms with van der Waals surface area (Å²) in [4.78, 5) is 13.2. The molecule has 0 amide bonds. The van der Waals surface area contributed by atoms with Crippen LogP contribution in [0.25, 0.3) is 0 Å². The molecule has 0 aliphatic carbocycles. The van der Waals surface area contributed by atoms with Gasteiger partial charge in [0.15, 0.2) is 0 Å².